The summed E-state index contributed by atoms with van der Waals surface area (Å²) in [5, 5.41) is 1.58. The first-order chi connectivity index (χ1) is 9.84. The van der Waals surface area contributed by atoms with Gasteiger partial charge in [-0.25, -0.2) is 4.21 Å². The number of rotatable bonds is 7. The number of aryl methyl sites for hydroxylation is 1. The summed E-state index contributed by atoms with van der Waals surface area (Å²) in [5.74, 6) is 0. The first-order valence-corrected chi connectivity index (χ1v) is 7.79. The summed E-state index contributed by atoms with van der Waals surface area (Å²) < 4.78 is 16.9. The molecule has 0 saturated heterocycles. The average Bonchev–Trinajstić information content (AvgIpc) is 2.52. The van der Waals surface area contributed by atoms with Crippen molar-refractivity contribution in [1.29, 1.82) is 0 Å². The highest BCUT2D eigenvalue weighted by atomic mass is 32.2. The van der Waals surface area contributed by atoms with Gasteiger partial charge in [0.1, 0.15) is 0 Å². The van der Waals surface area contributed by atoms with Gasteiger partial charge in [0.2, 0.25) is 0 Å². The minimum Gasteiger partial charge on any atom is -0.287 e. The standard InChI is InChI=1S/C17H18O2S/c18-20(15-13-17-10-5-2-6-11-17)19-14-7-12-16-8-3-1-4-9-16/h1-6,8-11,13,15H,7,12,14H2/b15-13+. The third-order valence-corrected chi connectivity index (χ3v) is 3.58. The van der Waals surface area contributed by atoms with Crippen molar-refractivity contribution >= 4 is 17.2 Å². The summed E-state index contributed by atoms with van der Waals surface area (Å²) in [6, 6.07) is 20.0. The third-order valence-electron chi connectivity index (χ3n) is 2.82. The zero-order valence-electron chi connectivity index (χ0n) is 11.3. The van der Waals surface area contributed by atoms with Crippen LogP contribution in [0.5, 0.6) is 0 Å². The quantitative estimate of drug-likeness (QED) is 0.720. The van der Waals surface area contributed by atoms with Crippen molar-refractivity contribution in [2.75, 3.05) is 6.61 Å². The maximum absolute atomic E-state index is 11.6. The van der Waals surface area contributed by atoms with Gasteiger partial charge >= 0.3 is 0 Å². The van der Waals surface area contributed by atoms with Gasteiger partial charge in [-0.05, 0) is 30.0 Å². The molecule has 0 bridgehead atoms. The summed E-state index contributed by atoms with van der Waals surface area (Å²) in [6.45, 7) is 0.501. The van der Waals surface area contributed by atoms with E-state index in [9.17, 15) is 4.21 Å². The van der Waals surface area contributed by atoms with Crippen LogP contribution in [0.3, 0.4) is 0 Å². The minimum atomic E-state index is -1.36. The van der Waals surface area contributed by atoms with E-state index in [0.29, 0.717) is 6.61 Å². The van der Waals surface area contributed by atoms with Crippen molar-refractivity contribution in [2.24, 2.45) is 0 Å². The second-order valence-corrected chi connectivity index (χ2v) is 5.41. The Morgan fingerprint density at radius 3 is 2.30 bits per heavy atom. The molecule has 0 aliphatic heterocycles. The van der Waals surface area contributed by atoms with E-state index in [1.807, 2.05) is 54.6 Å². The Bertz CT molecular complexity index is 550. The molecule has 0 fully saturated rings. The largest absolute Gasteiger partial charge is 0.287 e. The fourth-order valence-electron chi connectivity index (χ4n) is 1.80. The fourth-order valence-corrected chi connectivity index (χ4v) is 2.43. The molecule has 104 valence electrons. The van der Waals surface area contributed by atoms with E-state index in [4.69, 9.17) is 4.18 Å². The predicted molar refractivity (Wildman–Crippen MR) is 84.3 cm³/mol. The van der Waals surface area contributed by atoms with E-state index in [1.165, 1.54) is 5.56 Å². The van der Waals surface area contributed by atoms with Crippen molar-refractivity contribution in [3.63, 3.8) is 0 Å². The second kappa shape index (κ2) is 8.46. The molecule has 0 heterocycles. The van der Waals surface area contributed by atoms with E-state index in [-0.39, 0.29) is 0 Å². The fraction of sp³-hybridized carbons (Fsp3) is 0.176. The van der Waals surface area contributed by atoms with Gasteiger partial charge in [0, 0.05) is 5.41 Å². The van der Waals surface area contributed by atoms with Crippen LogP contribution in [0.15, 0.2) is 66.1 Å². The molecule has 0 radical (unpaired) electrons. The molecule has 0 saturated carbocycles. The number of hydrogen-bond donors (Lipinski definition) is 0. The lowest BCUT2D eigenvalue weighted by Crippen LogP contribution is -1.98. The van der Waals surface area contributed by atoms with E-state index in [2.05, 4.69) is 12.1 Å². The minimum absolute atomic E-state index is 0.501. The van der Waals surface area contributed by atoms with Gasteiger partial charge in [-0.15, -0.1) is 0 Å². The highest BCUT2D eigenvalue weighted by Gasteiger charge is 1.96. The smallest absolute Gasteiger partial charge is 0.181 e. The Morgan fingerprint density at radius 2 is 1.60 bits per heavy atom. The zero-order chi connectivity index (χ0) is 14.0. The Balaban J connectivity index is 1.67. The van der Waals surface area contributed by atoms with Crippen LogP contribution in [0, 0.1) is 0 Å². The van der Waals surface area contributed by atoms with Gasteiger partial charge < -0.3 is 0 Å². The normalized spacial score (nSPS) is 12.6. The van der Waals surface area contributed by atoms with Crippen molar-refractivity contribution in [3.05, 3.63) is 77.2 Å². The molecule has 2 nitrogen and oxygen atoms in total. The number of hydrogen-bond acceptors (Lipinski definition) is 2. The van der Waals surface area contributed by atoms with Crippen LogP contribution in [0.2, 0.25) is 0 Å². The molecule has 1 unspecified atom stereocenters. The summed E-state index contributed by atoms with van der Waals surface area (Å²) in [4.78, 5) is 0. The molecule has 0 aromatic heterocycles. The molecule has 0 amide bonds. The lowest BCUT2D eigenvalue weighted by Gasteiger charge is -2.01. The van der Waals surface area contributed by atoms with Gasteiger partial charge in [0.15, 0.2) is 11.1 Å². The van der Waals surface area contributed by atoms with Crippen LogP contribution in [-0.4, -0.2) is 10.8 Å². The summed E-state index contributed by atoms with van der Waals surface area (Å²) in [5.41, 5.74) is 2.30. The van der Waals surface area contributed by atoms with Gasteiger partial charge in [-0.3, -0.25) is 4.18 Å². The lowest BCUT2D eigenvalue weighted by molar-refractivity contribution is 0.344. The molecule has 0 spiro atoms. The lowest BCUT2D eigenvalue weighted by atomic mass is 10.1. The molecule has 2 rings (SSSR count). The molecular weight excluding hydrogens is 268 g/mol. The molecule has 20 heavy (non-hydrogen) atoms. The first kappa shape index (κ1) is 14.7. The molecule has 0 N–H and O–H groups in total. The maximum atomic E-state index is 11.6. The van der Waals surface area contributed by atoms with Crippen LogP contribution in [0.25, 0.3) is 6.08 Å². The molecule has 0 aliphatic rings. The third kappa shape index (κ3) is 5.51. The monoisotopic (exact) mass is 286 g/mol. The van der Waals surface area contributed by atoms with Crippen molar-refractivity contribution in [1.82, 2.24) is 0 Å². The van der Waals surface area contributed by atoms with Gasteiger partial charge in [0.05, 0.1) is 6.61 Å². The van der Waals surface area contributed by atoms with Gasteiger partial charge in [-0.1, -0.05) is 60.7 Å². The molecule has 2 aromatic carbocycles. The Morgan fingerprint density at radius 1 is 0.950 bits per heavy atom. The Labute approximate surface area is 122 Å². The Kier molecular flexibility index (Phi) is 6.21. The van der Waals surface area contributed by atoms with Crippen molar-refractivity contribution in [3.8, 4) is 0 Å². The van der Waals surface area contributed by atoms with E-state index < -0.39 is 11.1 Å². The Hall–Kier alpha value is -1.71. The highest BCUT2D eigenvalue weighted by Crippen LogP contribution is 2.05. The van der Waals surface area contributed by atoms with Crippen molar-refractivity contribution in [2.45, 2.75) is 12.8 Å². The summed E-state index contributed by atoms with van der Waals surface area (Å²) in [6.07, 6.45) is 3.63. The molecule has 3 heteroatoms. The van der Waals surface area contributed by atoms with Gasteiger partial charge in [0.25, 0.3) is 0 Å². The summed E-state index contributed by atoms with van der Waals surface area (Å²) in [7, 11) is 0. The van der Waals surface area contributed by atoms with Crippen molar-refractivity contribution < 1.29 is 8.39 Å². The summed E-state index contributed by atoms with van der Waals surface area (Å²) >= 11 is -1.36. The van der Waals surface area contributed by atoms with Crippen LogP contribution < -0.4 is 0 Å². The predicted octanol–water partition coefficient (Wildman–Crippen LogP) is 3.97. The zero-order valence-corrected chi connectivity index (χ0v) is 12.1. The molecular formula is C17H18O2S. The highest BCUT2D eigenvalue weighted by molar-refractivity contribution is 7.83. The molecule has 0 aliphatic carbocycles. The van der Waals surface area contributed by atoms with E-state index in [0.717, 1.165) is 18.4 Å². The average molecular weight is 286 g/mol. The van der Waals surface area contributed by atoms with Crippen LogP contribution in [0.4, 0.5) is 0 Å². The van der Waals surface area contributed by atoms with Crippen LogP contribution in [0.1, 0.15) is 17.5 Å². The SMILES string of the molecule is O=S(/C=C/c1ccccc1)OCCCc1ccccc1. The molecule has 1 atom stereocenters. The number of benzene rings is 2. The first-order valence-electron chi connectivity index (χ1n) is 6.65. The van der Waals surface area contributed by atoms with Crippen LogP contribution in [-0.2, 0) is 21.7 Å². The van der Waals surface area contributed by atoms with Crippen LogP contribution >= 0.6 is 0 Å². The van der Waals surface area contributed by atoms with E-state index in [1.54, 1.807) is 5.41 Å². The topological polar surface area (TPSA) is 26.3 Å². The van der Waals surface area contributed by atoms with E-state index >= 15 is 0 Å². The molecule has 2 aromatic rings. The van der Waals surface area contributed by atoms with Gasteiger partial charge in [-0.2, -0.15) is 0 Å². The maximum Gasteiger partial charge on any atom is 0.181 e. The second-order valence-electron chi connectivity index (χ2n) is 4.39.